The van der Waals surface area contributed by atoms with E-state index >= 15 is 0 Å². The van der Waals surface area contributed by atoms with Crippen molar-refractivity contribution in [1.29, 1.82) is 0 Å². The largest absolute Gasteiger partial charge is 0.462 e. The number of carbonyl (C=O) groups is 4. The highest BCUT2D eigenvalue weighted by atomic mass is 32.2. The van der Waals surface area contributed by atoms with Crippen LogP contribution in [0.25, 0.3) is 0 Å². The van der Waals surface area contributed by atoms with Gasteiger partial charge in [0.05, 0.1) is 22.8 Å². The summed E-state index contributed by atoms with van der Waals surface area (Å²) in [6.45, 7) is 4.87. The fourth-order valence-electron chi connectivity index (χ4n) is 2.66. The van der Waals surface area contributed by atoms with E-state index in [1.165, 1.54) is 16.7 Å². The summed E-state index contributed by atoms with van der Waals surface area (Å²) in [5.74, 6) is -2.02. The van der Waals surface area contributed by atoms with Crippen molar-refractivity contribution in [2.75, 3.05) is 38.4 Å². The quantitative estimate of drug-likeness (QED) is 0.435. The number of benzene rings is 1. The van der Waals surface area contributed by atoms with Crippen LogP contribution in [-0.2, 0) is 19.1 Å². The van der Waals surface area contributed by atoms with Crippen LogP contribution in [0.4, 0.5) is 5.00 Å². The van der Waals surface area contributed by atoms with E-state index in [1.54, 1.807) is 27.9 Å². The SMILES string of the molecule is CCOC(=O)c1c(NC(=O)COC(=O)CSc2ccccc2C)sc(C(=O)N(C)C)c1C. The molecule has 10 heteroatoms. The van der Waals surface area contributed by atoms with Gasteiger partial charge in [0.1, 0.15) is 5.00 Å². The lowest BCUT2D eigenvalue weighted by Crippen LogP contribution is -2.22. The van der Waals surface area contributed by atoms with E-state index in [9.17, 15) is 19.2 Å². The number of carbonyl (C=O) groups excluding carboxylic acids is 4. The van der Waals surface area contributed by atoms with Gasteiger partial charge in [-0.3, -0.25) is 14.4 Å². The predicted molar refractivity (Wildman–Crippen MR) is 125 cm³/mol. The summed E-state index contributed by atoms with van der Waals surface area (Å²) < 4.78 is 10.1. The number of hydrogen-bond donors (Lipinski definition) is 1. The number of amides is 2. The van der Waals surface area contributed by atoms with E-state index in [0.717, 1.165) is 21.8 Å². The number of nitrogens with one attached hydrogen (secondary N) is 1. The van der Waals surface area contributed by atoms with E-state index in [4.69, 9.17) is 9.47 Å². The molecule has 0 bridgehead atoms. The van der Waals surface area contributed by atoms with Crippen LogP contribution in [0, 0.1) is 13.8 Å². The van der Waals surface area contributed by atoms with Crippen molar-refractivity contribution in [2.24, 2.45) is 0 Å². The van der Waals surface area contributed by atoms with Gasteiger partial charge < -0.3 is 19.7 Å². The molecule has 2 rings (SSSR count). The summed E-state index contributed by atoms with van der Waals surface area (Å²) in [6, 6.07) is 7.65. The molecule has 0 saturated heterocycles. The van der Waals surface area contributed by atoms with Crippen molar-refractivity contribution in [2.45, 2.75) is 25.7 Å². The molecule has 0 aliphatic rings. The topological polar surface area (TPSA) is 102 Å². The second-order valence-corrected chi connectivity index (χ2v) is 8.98. The number of thiophene rings is 1. The summed E-state index contributed by atoms with van der Waals surface area (Å²) in [4.78, 5) is 51.9. The maximum absolute atomic E-state index is 12.4. The van der Waals surface area contributed by atoms with Gasteiger partial charge in [-0.1, -0.05) is 18.2 Å². The molecule has 0 unspecified atom stereocenters. The molecule has 0 saturated carbocycles. The van der Waals surface area contributed by atoms with E-state index < -0.39 is 24.5 Å². The average Bonchev–Trinajstić information content (AvgIpc) is 3.06. The van der Waals surface area contributed by atoms with Crippen LogP contribution < -0.4 is 5.32 Å². The molecule has 0 radical (unpaired) electrons. The molecule has 0 fully saturated rings. The Kier molecular flexibility index (Phi) is 9.27. The molecule has 0 aliphatic heterocycles. The Morgan fingerprint density at radius 2 is 1.78 bits per heavy atom. The molecular weight excluding hydrogens is 452 g/mol. The van der Waals surface area contributed by atoms with Gasteiger partial charge in [0.25, 0.3) is 11.8 Å². The summed E-state index contributed by atoms with van der Waals surface area (Å²) in [7, 11) is 3.19. The first-order valence-corrected chi connectivity index (χ1v) is 11.6. The Bertz CT molecular complexity index is 1020. The van der Waals surface area contributed by atoms with Crippen LogP contribution in [0.3, 0.4) is 0 Å². The van der Waals surface area contributed by atoms with Crippen LogP contribution in [0.15, 0.2) is 29.2 Å². The summed E-state index contributed by atoms with van der Waals surface area (Å²) >= 11 is 2.31. The Labute approximate surface area is 195 Å². The predicted octanol–water partition coefficient (Wildman–Crippen LogP) is 3.52. The van der Waals surface area contributed by atoms with Crippen molar-refractivity contribution in [1.82, 2.24) is 4.90 Å². The Morgan fingerprint density at radius 1 is 1.09 bits per heavy atom. The standard InChI is InChI=1S/C22H26N2O6S2/c1-6-29-22(28)18-14(3)19(21(27)24(4)5)32-20(18)23-16(25)11-30-17(26)12-31-15-10-8-7-9-13(15)2/h7-10H,6,11-12H2,1-5H3,(H,23,25). The minimum atomic E-state index is -0.638. The third-order valence-electron chi connectivity index (χ3n) is 4.28. The molecule has 1 aromatic carbocycles. The Balaban J connectivity index is 2.04. The molecule has 0 atom stereocenters. The lowest BCUT2D eigenvalue weighted by Gasteiger charge is -2.09. The van der Waals surface area contributed by atoms with Crippen molar-refractivity contribution < 1.29 is 28.7 Å². The molecule has 2 amide bonds. The van der Waals surface area contributed by atoms with Gasteiger partial charge in [0.2, 0.25) is 0 Å². The molecule has 0 aliphatic carbocycles. The monoisotopic (exact) mass is 478 g/mol. The normalized spacial score (nSPS) is 10.4. The molecule has 1 N–H and O–H groups in total. The Hall–Kier alpha value is -2.85. The highest BCUT2D eigenvalue weighted by Gasteiger charge is 2.27. The van der Waals surface area contributed by atoms with Gasteiger partial charge >= 0.3 is 11.9 Å². The number of rotatable bonds is 9. The lowest BCUT2D eigenvalue weighted by molar-refractivity contribution is -0.144. The van der Waals surface area contributed by atoms with Crippen LogP contribution in [0.1, 0.15) is 38.1 Å². The van der Waals surface area contributed by atoms with Crippen molar-refractivity contribution in [3.63, 3.8) is 0 Å². The van der Waals surface area contributed by atoms with Gasteiger partial charge in [0, 0.05) is 19.0 Å². The highest BCUT2D eigenvalue weighted by Crippen LogP contribution is 2.34. The van der Waals surface area contributed by atoms with Gasteiger partial charge in [0.15, 0.2) is 6.61 Å². The number of ether oxygens (including phenoxy) is 2. The second kappa shape index (κ2) is 11.7. The second-order valence-electron chi connectivity index (χ2n) is 6.94. The lowest BCUT2D eigenvalue weighted by atomic mass is 10.1. The number of esters is 2. The minimum absolute atomic E-state index is 0.0613. The molecule has 32 heavy (non-hydrogen) atoms. The fourth-order valence-corrected chi connectivity index (χ4v) is 4.72. The zero-order valence-corrected chi connectivity index (χ0v) is 20.3. The zero-order chi connectivity index (χ0) is 23.8. The average molecular weight is 479 g/mol. The maximum atomic E-state index is 12.4. The van der Waals surface area contributed by atoms with Crippen molar-refractivity contribution in [3.05, 3.63) is 45.8 Å². The van der Waals surface area contributed by atoms with E-state index in [-0.39, 0.29) is 28.8 Å². The third-order valence-corrected chi connectivity index (χ3v) is 6.63. The zero-order valence-electron chi connectivity index (χ0n) is 18.6. The van der Waals surface area contributed by atoms with E-state index in [0.29, 0.717) is 10.4 Å². The minimum Gasteiger partial charge on any atom is -0.462 e. The summed E-state index contributed by atoms with van der Waals surface area (Å²) in [5, 5.41) is 2.75. The van der Waals surface area contributed by atoms with Gasteiger partial charge in [-0.25, -0.2) is 4.79 Å². The van der Waals surface area contributed by atoms with Crippen LogP contribution in [0.2, 0.25) is 0 Å². The fraction of sp³-hybridized carbons (Fsp3) is 0.364. The van der Waals surface area contributed by atoms with Gasteiger partial charge in [-0.15, -0.1) is 23.1 Å². The molecule has 0 spiro atoms. The maximum Gasteiger partial charge on any atom is 0.341 e. The number of aryl methyl sites for hydroxylation is 1. The first kappa shape index (κ1) is 25.4. The van der Waals surface area contributed by atoms with E-state index in [1.807, 2.05) is 31.2 Å². The van der Waals surface area contributed by atoms with Gasteiger partial charge in [-0.05, 0) is 38.0 Å². The summed E-state index contributed by atoms with van der Waals surface area (Å²) in [6.07, 6.45) is 0. The molecular formula is C22H26N2O6S2. The van der Waals surface area contributed by atoms with Crippen molar-refractivity contribution in [3.8, 4) is 0 Å². The van der Waals surface area contributed by atoms with Gasteiger partial charge in [-0.2, -0.15) is 0 Å². The molecule has 1 heterocycles. The summed E-state index contributed by atoms with van der Waals surface area (Å²) in [5.41, 5.74) is 1.59. The van der Waals surface area contributed by atoms with Crippen LogP contribution in [0.5, 0.6) is 0 Å². The first-order chi connectivity index (χ1) is 15.1. The van der Waals surface area contributed by atoms with E-state index in [2.05, 4.69) is 5.32 Å². The molecule has 1 aromatic heterocycles. The highest BCUT2D eigenvalue weighted by molar-refractivity contribution is 8.00. The molecule has 172 valence electrons. The number of nitrogens with zero attached hydrogens (tertiary/aromatic N) is 1. The third kappa shape index (κ3) is 6.57. The van der Waals surface area contributed by atoms with Crippen molar-refractivity contribution >= 4 is 51.9 Å². The molecule has 2 aromatic rings. The Morgan fingerprint density at radius 3 is 2.41 bits per heavy atom. The smallest absolute Gasteiger partial charge is 0.341 e. The number of anilines is 1. The molecule has 8 nitrogen and oxygen atoms in total. The number of hydrogen-bond acceptors (Lipinski definition) is 8. The van der Waals surface area contributed by atoms with Crippen LogP contribution in [-0.4, -0.2) is 61.7 Å². The van der Waals surface area contributed by atoms with Crippen LogP contribution >= 0.6 is 23.1 Å². The first-order valence-electron chi connectivity index (χ1n) is 9.81. The number of thioether (sulfide) groups is 1.